The lowest BCUT2D eigenvalue weighted by Gasteiger charge is -2.16. The summed E-state index contributed by atoms with van der Waals surface area (Å²) in [5.41, 5.74) is 2.88. The molecule has 0 atom stereocenters. The predicted molar refractivity (Wildman–Crippen MR) is 115 cm³/mol. The molecule has 0 aliphatic carbocycles. The predicted octanol–water partition coefficient (Wildman–Crippen LogP) is 5.20. The molecule has 2 aromatic rings. The molecule has 0 amide bonds. The number of aryl methyl sites for hydroxylation is 1. The van der Waals surface area contributed by atoms with Gasteiger partial charge in [-0.05, 0) is 65.7 Å². The van der Waals surface area contributed by atoms with E-state index in [1.807, 2.05) is 25.1 Å². The molecule has 0 spiro atoms. The van der Waals surface area contributed by atoms with Crippen LogP contribution in [0.25, 0.3) is 10.9 Å². The van der Waals surface area contributed by atoms with Crippen LogP contribution in [0, 0.1) is 0 Å². The fourth-order valence-electron chi connectivity index (χ4n) is 3.10. The molecule has 0 saturated carbocycles. The standard InChI is InChI=1S/C23H31NO4/c1-6-24-18-12-9-13-19(20(18)21(25)22(23(24)26)27-7-2)28-15-14-17(5)11-8-10-16(3)4/h9-10,12-14,25H,6-8,11,15H2,1-5H3/b17-14+. The summed E-state index contributed by atoms with van der Waals surface area (Å²) in [7, 11) is 0. The molecule has 1 heterocycles. The van der Waals surface area contributed by atoms with Gasteiger partial charge in [-0.25, -0.2) is 0 Å². The van der Waals surface area contributed by atoms with Crippen molar-refractivity contribution in [3.05, 3.63) is 51.9 Å². The Morgan fingerprint density at radius 3 is 2.54 bits per heavy atom. The fraction of sp³-hybridized carbons (Fsp3) is 0.435. The number of aromatic nitrogens is 1. The first-order valence-corrected chi connectivity index (χ1v) is 9.83. The number of hydrogen-bond acceptors (Lipinski definition) is 4. The third-order valence-corrected chi connectivity index (χ3v) is 4.55. The summed E-state index contributed by atoms with van der Waals surface area (Å²) in [6, 6.07) is 5.44. The number of allylic oxidation sites excluding steroid dienone is 3. The van der Waals surface area contributed by atoms with E-state index < -0.39 is 0 Å². The smallest absolute Gasteiger partial charge is 0.297 e. The Bertz CT molecular complexity index is 934. The maximum Gasteiger partial charge on any atom is 0.297 e. The zero-order valence-electron chi connectivity index (χ0n) is 17.5. The van der Waals surface area contributed by atoms with Gasteiger partial charge in [-0.2, -0.15) is 0 Å². The second kappa shape index (κ2) is 10.0. The summed E-state index contributed by atoms with van der Waals surface area (Å²) in [5, 5.41) is 11.2. The van der Waals surface area contributed by atoms with Crippen LogP contribution in [0.5, 0.6) is 17.2 Å². The van der Waals surface area contributed by atoms with E-state index >= 15 is 0 Å². The largest absolute Gasteiger partial charge is 0.504 e. The van der Waals surface area contributed by atoms with Gasteiger partial charge >= 0.3 is 0 Å². The summed E-state index contributed by atoms with van der Waals surface area (Å²) >= 11 is 0. The molecule has 0 unspecified atom stereocenters. The lowest BCUT2D eigenvalue weighted by Crippen LogP contribution is -2.22. The third-order valence-electron chi connectivity index (χ3n) is 4.55. The molecule has 0 aliphatic rings. The molecule has 28 heavy (non-hydrogen) atoms. The van der Waals surface area contributed by atoms with Gasteiger partial charge in [0, 0.05) is 6.54 Å². The average molecular weight is 386 g/mol. The van der Waals surface area contributed by atoms with Crippen LogP contribution < -0.4 is 15.0 Å². The number of pyridine rings is 1. The number of ether oxygens (including phenoxy) is 2. The third kappa shape index (κ3) is 4.97. The van der Waals surface area contributed by atoms with Gasteiger partial charge in [0.1, 0.15) is 12.4 Å². The first-order valence-electron chi connectivity index (χ1n) is 9.83. The van der Waals surface area contributed by atoms with Crippen LogP contribution in [-0.4, -0.2) is 22.9 Å². The highest BCUT2D eigenvalue weighted by atomic mass is 16.5. The van der Waals surface area contributed by atoms with Crippen molar-refractivity contribution in [1.82, 2.24) is 4.57 Å². The van der Waals surface area contributed by atoms with Gasteiger partial charge in [-0.1, -0.05) is 23.3 Å². The molecular formula is C23H31NO4. The Labute approximate surface area is 166 Å². The highest BCUT2D eigenvalue weighted by Gasteiger charge is 2.19. The minimum absolute atomic E-state index is 0.0265. The van der Waals surface area contributed by atoms with Gasteiger partial charge in [-0.3, -0.25) is 4.79 Å². The molecule has 0 radical (unpaired) electrons. The van der Waals surface area contributed by atoms with Crippen LogP contribution in [-0.2, 0) is 6.54 Å². The van der Waals surface area contributed by atoms with E-state index in [0.29, 0.717) is 36.4 Å². The second-order valence-electron chi connectivity index (χ2n) is 6.99. The summed E-state index contributed by atoms with van der Waals surface area (Å²) in [6.07, 6.45) is 6.27. The Morgan fingerprint density at radius 1 is 1.14 bits per heavy atom. The Kier molecular flexibility index (Phi) is 7.73. The van der Waals surface area contributed by atoms with E-state index in [1.54, 1.807) is 17.6 Å². The van der Waals surface area contributed by atoms with Gasteiger partial charge in [-0.15, -0.1) is 0 Å². The van der Waals surface area contributed by atoms with Gasteiger partial charge < -0.3 is 19.1 Å². The number of hydrogen-bond donors (Lipinski definition) is 1. The zero-order chi connectivity index (χ0) is 20.7. The maximum absolute atomic E-state index is 12.6. The molecule has 1 aromatic heterocycles. The molecule has 152 valence electrons. The van der Waals surface area contributed by atoms with Gasteiger partial charge in [0.25, 0.3) is 5.56 Å². The van der Waals surface area contributed by atoms with Crippen molar-refractivity contribution in [2.24, 2.45) is 0 Å². The molecular weight excluding hydrogens is 354 g/mol. The number of aromatic hydroxyl groups is 1. The van der Waals surface area contributed by atoms with Gasteiger partial charge in [0.2, 0.25) is 5.75 Å². The van der Waals surface area contributed by atoms with E-state index in [0.717, 1.165) is 12.8 Å². The monoisotopic (exact) mass is 385 g/mol. The van der Waals surface area contributed by atoms with Crippen LogP contribution in [0.1, 0.15) is 47.5 Å². The quantitative estimate of drug-likeness (QED) is 0.603. The fourth-order valence-corrected chi connectivity index (χ4v) is 3.10. The Morgan fingerprint density at radius 2 is 1.89 bits per heavy atom. The Hall–Kier alpha value is -2.69. The van der Waals surface area contributed by atoms with Gasteiger partial charge in [0.05, 0.1) is 17.5 Å². The summed E-state index contributed by atoms with van der Waals surface area (Å²) in [6.45, 7) is 11.1. The van der Waals surface area contributed by atoms with Crippen LogP contribution in [0.2, 0.25) is 0 Å². The summed E-state index contributed by atoms with van der Waals surface area (Å²) < 4.78 is 13.0. The first kappa shape index (κ1) is 21.6. The summed E-state index contributed by atoms with van der Waals surface area (Å²) in [5.74, 6) is 0.347. The molecule has 1 N–H and O–H groups in total. The second-order valence-corrected chi connectivity index (χ2v) is 6.99. The van der Waals surface area contributed by atoms with E-state index in [-0.39, 0.29) is 17.1 Å². The number of fused-ring (bicyclic) bond motifs is 1. The minimum atomic E-state index is -0.332. The number of rotatable bonds is 9. The van der Waals surface area contributed by atoms with Crippen LogP contribution in [0.15, 0.2) is 46.3 Å². The van der Waals surface area contributed by atoms with Crippen molar-refractivity contribution >= 4 is 10.9 Å². The normalized spacial score (nSPS) is 11.5. The van der Waals surface area contributed by atoms with Crippen molar-refractivity contribution in [1.29, 1.82) is 0 Å². The zero-order valence-corrected chi connectivity index (χ0v) is 17.5. The minimum Gasteiger partial charge on any atom is -0.504 e. The maximum atomic E-state index is 12.6. The average Bonchev–Trinajstić information content (AvgIpc) is 2.65. The van der Waals surface area contributed by atoms with Crippen molar-refractivity contribution in [3.63, 3.8) is 0 Å². The highest BCUT2D eigenvalue weighted by molar-refractivity contribution is 5.93. The Balaban J connectivity index is 2.34. The van der Waals surface area contributed by atoms with Crippen LogP contribution in [0.3, 0.4) is 0 Å². The summed E-state index contributed by atoms with van der Waals surface area (Å²) in [4.78, 5) is 12.6. The highest BCUT2D eigenvalue weighted by Crippen LogP contribution is 2.37. The van der Waals surface area contributed by atoms with Gasteiger partial charge in [0.15, 0.2) is 5.75 Å². The molecule has 1 aromatic carbocycles. The van der Waals surface area contributed by atoms with Crippen LogP contribution in [0.4, 0.5) is 0 Å². The van der Waals surface area contributed by atoms with Crippen LogP contribution >= 0.6 is 0 Å². The van der Waals surface area contributed by atoms with Crippen molar-refractivity contribution < 1.29 is 14.6 Å². The van der Waals surface area contributed by atoms with Crippen molar-refractivity contribution in [2.45, 2.75) is 54.0 Å². The lowest BCUT2D eigenvalue weighted by atomic mass is 10.1. The van der Waals surface area contributed by atoms with Crippen molar-refractivity contribution in [3.8, 4) is 17.2 Å². The van der Waals surface area contributed by atoms with E-state index in [4.69, 9.17) is 9.47 Å². The lowest BCUT2D eigenvalue weighted by molar-refractivity contribution is 0.311. The topological polar surface area (TPSA) is 60.7 Å². The first-order chi connectivity index (χ1) is 13.4. The SMILES string of the molecule is CCOc1c(O)c2c(OC/C=C(\C)CCC=C(C)C)cccc2n(CC)c1=O. The number of benzene rings is 1. The van der Waals surface area contributed by atoms with Crippen molar-refractivity contribution in [2.75, 3.05) is 13.2 Å². The molecule has 0 bridgehead atoms. The molecule has 0 aliphatic heterocycles. The molecule has 2 rings (SSSR count). The molecule has 0 saturated heterocycles. The number of nitrogens with zero attached hydrogens (tertiary/aromatic N) is 1. The van der Waals surface area contributed by atoms with E-state index in [2.05, 4.69) is 26.8 Å². The molecule has 5 heteroatoms. The van der Waals surface area contributed by atoms with E-state index in [1.165, 1.54) is 11.1 Å². The molecule has 5 nitrogen and oxygen atoms in total. The molecule has 0 fully saturated rings. The van der Waals surface area contributed by atoms with E-state index in [9.17, 15) is 9.90 Å².